The second kappa shape index (κ2) is 8.37. The van der Waals surface area contributed by atoms with Crippen LogP contribution >= 0.6 is 11.8 Å². The van der Waals surface area contributed by atoms with Gasteiger partial charge in [-0.1, -0.05) is 36.0 Å². The van der Waals surface area contributed by atoms with Gasteiger partial charge in [0.1, 0.15) is 0 Å². The average Bonchev–Trinajstić information content (AvgIpc) is 2.69. The number of nitriles is 1. The molecular formula is C19H16N6O2S. The van der Waals surface area contributed by atoms with E-state index < -0.39 is 10.8 Å². The number of hydrogen-bond acceptors (Lipinski definition) is 7. The monoisotopic (exact) mass is 392 g/mol. The molecule has 0 unspecified atom stereocenters. The summed E-state index contributed by atoms with van der Waals surface area (Å²) >= 11 is 1.07. The first-order chi connectivity index (χ1) is 13.5. The van der Waals surface area contributed by atoms with Crippen molar-refractivity contribution in [2.24, 2.45) is 0 Å². The molecule has 2 aromatic carbocycles. The standard InChI is InChI=1S/C19H16N6O2S/c1-11(17(26)22-13-6-4-5-12(9-13)10-20)28-19-23-18(27)16(24-25-19)14-7-2-3-8-15(14)21/h2-9,11H,21H2,1H3,(H,22,26)(H,23,25,27)/t11-/m1/s1. The highest BCUT2D eigenvalue weighted by Crippen LogP contribution is 2.23. The third-order valence-corrected chi connectivity index (χ3v) is 4.78. The number of nitrogens with one attached hydrogen (secondary N) is 2. The minimum absolute atomic E-state index is 0.118. The highest BCUT2D eigenvalue weighted by molar-refractivity contribution is 8.00. The van der Waals surface area contributed by atoms with E-state index in [1.165, 1.54) is 0 Å². The summed E-state index contributed by atoms with van der Waals surface area (Å²) < 4.78 is 0. The van der Waals surface area contributed by atoms with Crippen LogP contribution in [0.5, 0.6) is 0 Å². The van der Waals surface area contributed by atoms with E-state index >= 15 is 0 Å². The summed E-state index contributed by atoms with van der Waals surface area (Å²) in [6, 6.07) is 15.5. The number of carbonyl (C=O) groups is 1. The van der Waals surface area contributed by atoms with Gasteiger partial charge >= 0.3 is 0 Å². The van der Waals surface area contributed by atoms with Crippen LogP contribution in [0.2, 0.25) is 0 Å². The number of carbonyl (C=O) groups excluding carboxylic acids is 1. The minimum atomic E-state index is -0.552. The highest BCUT2D eigenvalue weighted by atomic mass is 32.2. The van der Waals surface area contributed by atoms with Crippen LogP contribution in [0.3, 0.4) is 0 Å². The van der Waals surface area contributed by atoms with Crippen molar-refractivity contribution in [3.63, 3.8) is 0 Å². The number of para-hydroxylation sites is 1. The van der Waals surface area contributed by atoms with E-state index in [-0.39, 0.29) is 16.8 Å². The van der Waals surface area contributed by atoms with Crippen molar-refractivity contribution in [1.29, 1.82) is 5.26 Å². The van der Waals surface area contributed by atoms with Crippen LogP contribution < -0.4 is 16.6 Å². The predicted octanol–water partition coefficient (Wildman–Crippen LogP) is 2.41. The Bertz CT molecular complexity index is 1120. The smallest absolute Gasteiger partial charge is 0.278 e. The molecule has 9 heteroatoms. The van der Waals surface area contributed by atoms with Crippen LogP contribution in [0.25, 0.3) is 11.3 Å². The fourth-order valence-corrected chi connectivity index (χ4v) is 3.14. The van der Waals surface area contributed by atoms with Crippen molar-refractivity contribution in [2.75, 3.05) is 11.1 Å². The van der Waals surface area contributed by atoms with E-state index in [2.05, 4.69) is 20.5 Å². The molecule has 1 heterocycles. The number of aromatic amines is 1. The van der Waals surface area contributed by atoms with Crippen LogP contribution in [0, 0.1) is 11.3 Å². The summed E-state index contributed by atoms with van der Waals surface area (Å²) in [4.78, 5) is 27.3. The lowest BCUT2D eigenvalue weighted by molar-refractivity contribution is -0.115. The molecule has 0 aliphatic heterocycles. The Kier molecular flexibility index (Phi) is 5.72. The fourth-order valence-electron chi connectivity index (χ4n) is 2.40. The summed E-state index contributed by atoms with van der Waals surface area (Å²) in [7, 11) is 0. The number of aromatic nitrogens is 3. The first kappa shape index (κ1) is 19.1. The van der Waals surface area contributed by atoms with Crippen LogP contribution in [0.4, 0.5) is 11.4 Å². The predicted molar refractivity (Wildman–Crippen MR) is 108 cm³/mol. The number of nitrogens with zero attached hydrogens (tertiary/aromatic N) is 3. The number of nitrogens with two attached hydrogens (primary N) is 1. The van der Waals surface area contributed by atoms with Gasteiger partial charge in [0.2, 0.25) is 5.91 Å². The summed E-state index contributed by atoms with van der Waals surface area (Å²) in [5.41, 5.74) is 7.44. The van der Waals surface area contributed by atoms with E-state index in [4.69, 9.17) is 11.0 Å². The molecule has 0 saturated heterocycles. The van der Waals surface area contributed by atoms with Crippen LogP contribution in [-0.4, -0.2) is 26.3 Å². The molecule has 8 nitrogen and oxygen atoms in total. The zero-order valence-corrected chi connectivity index (χ0v) is 15.7. The molecule has 0 bridgehead atoms. The molecule has 3 aromatic rings. The topological polar surface area (TPSA) is 138 Å². The van der Waals surface area contributed by atoms with Gasteiger partial charge in [-0.3, -0.25) is 14.6 Å². The van der Waals surface area contributed by atoms with Gasteiger partial charge in [0.25, 0.3) is 5.56 Å². The second-order valence-corrected chi connectivity index (χ2v) is 7.17. The molecule has 0 fully saturated rings. The van der Waals surface area contributed by atoms with E-state index in [9.17, 15) is 9.59 Å². The summed E-state index contributed by atoms with van der Waals surface area (Å²) in [6.07, 6.45) is 0. The van der Waals surface area contributed by atoms with Gasteiger partial charge in [-0.15, -0.1) is 10.2 Å². The summed E-state index contributed by atoms with van der Waals surface area (Å²) in [6.45, 7) is 1.68. The lowest BCUT2D eigenvalue weighted by Crippen LogP contribution is -2.23. The van der Waals surface area contributed by atoms with Crippen LogP contribution in [-0.2, 0) is 4.79 Å². The number of rotatable bonds is 5. The fraction of sp³-hybridized carbons (Fsp3) is 0.105. The number of nitrogen functional groups attached to an aromatic ring is 1. The first-order valence-corrected chi connectivity index (χ1v) is 9.15. The normalized spacial score (nSPS) is 11.4. The molecular weight excluding hydrogens is 376 g/mol. The third kappa shape index (κ3) is 4.36. The highest BCUT2D eigenvalue weighted by Gasteiger charge is 2.18. The third-order valence-electron chi connectivity index (χ3n) is 3.81. The van der Waals surface area contributed by atoms with Crippen molar-refractivity contribution in [3.05, 3.63) is 64.4 Å². The van der Waals surface area contributed by atoms with Gasteiger partial charge in [-0.05, 0) is 31.2 Å². The van der Waals surface area contributed by atoms with Crippen molar-refractivity contribution in [2.45, 2.75) is 17.3 Å². The van der Waals surface area contributed by atoms with Gasteiger partial charge in [0.15, 0.2) is 10.9 Å². The lowest BCUT2D eigenvalue weighted by atomic mass is 10.1. The molecule has 0 saturated carbocycles. The SMILES string of the molecule is C[C@@H](Sc1nnc(-c2ccccc2N)c(=O)[nH]1)C(=O)Nc1cccc(C#N)c1. The Morgan fingerprint density at radius 3 is 2.75 bits per heavy atom. The zero-order valence-electron chi connectivity index (χ0n) is 14.8. The summed E-state index contributed by atoms with van der Waals surface area (Å²) in [5, 5.41) is 19.3. The Labute approximate surface area is 164 Å². The number of amides is 1. The lowest BCUT2D eigenvalue weighted by Gasteiger charge is -2.11. The molecule has 28 heavy (non-hydrogen) atoms. The van der Waals surface area contributed by atoms with Crippen molar-refractivity contribution >= 4 is 29.0 Å². The van der Waals surface area contributed by atoms with Crippen LogP contribution in [0.15, 0.2) is 58.5 Å². The van der Waals surface area contributed by atoms with Crippen molar-refractivity contribution < 1.29 is 4.79 Å². The van der Waals surface area contributed by atoms with E-state index in [0.29, 0.717) is 22.5 Å². The largest absolute Gasteiger partial charge is 0.398 e. The number of thioether (sulfide) groups is 1. The van der Waals surface area contributed by atoms with Gasteiger partial charge < -0.3 is 11.1 Å². The van der Waals surface area contributed by atoms with E-state index in [1.807, 2.05) is 6.07 Å². The maximum Gasteiger partial charge on any atom is 0.278 e. The van der Waals surface area contributed by atoms with E-state index in [0.717, 1.165) is 11.8 Å². The Hall–Kier alpha value is -3.64. The van der Waals surface area contributed by atoms with Gasteiger partial charge in [0, 0.05) is 16.9 Å². The molecule has 0 aliphatic carbocycles. The Balaban J connectivity index is 1.72. The molecule has 1 aromatic heterocycles. The molecule has 3 rings (SSSR count). The molecule has 0 aliphatic rings. The Morgan fingerprint density at radius 1 is 1.25 bits per heavy atom. The second-order valence-electron chi connectivity index (χ2n) is 5.84. The van der Waals surface area contributed by atoms with Crippen molar-refractivity contribution in [1.82, 2.24) is 15.2 Å². The van der Waals surface area contributed by atoms with Gasteiger partial charge in [0.05, 0.1) is 16.9 Å². The number of benzene rings is 2. The zero-order chi connectivity index (χ0) is 20.1. The molecule has 1 amide bonds. The maximum atomic E-state index is 12.4. The molecule has 1 atom stereocenters. The molecule has 0 spiro atoms. The summed E-state index contributed by atoms with van der Waals surface area (Å²) in [5.74, 6) is -0.292. The van der Waals surface area contributed by atoms with Gasteiger partial charge in [-0.25, -0.2) is 0 Å². The minimum Gasteiger partial charge on any atom is -0.398 e. The van der Waals surface area contributed by atoms with E-state index in [1.54, 1.807) is 55.5 Å². The Morgan fingerprint density at radius 2 is 2.04 bits per heavy atom. The number of H-pyrrole nitrogens is 1. The quantitative estimate of drug-likeness (QED) is 0.448. The van der Waals surface area contributed by atoms with Crippen molar-refractivity contribution in [3.8, 4) is 17.3 Å². The average molecular weight is 392 g/mol. The number of hydrogen-bond donors (Lipinski definition) is 3. The molecule has 0 radical (unpaired) electrons. The number of anilines is 2. The van der Waals surface area contributed by atoms with Crippen LogP contribution in [0.1, 0.15) is 12.5 Å². The van der Waals surface area contributed by atoms with Gasteiger partial charge in [-0.2, -0.15) is 5.26 Å². The first-order valence-electron chi connectivity index (χ1n) is 8.27. The maximum absolute atomic E-state index is 12.4. The molecule has 140 valence electrons. The molecule has 4 N–H and O–H groups in total.